The molecule has 0 spiro atoms. The normalized spacial score (nSPS) is 14.8. The summed E-state index contributed by atoms with van der Waals surface area (Å²) in [6.07, 6.45) is 7.52. The van der Waals surface area contributed by atoms with Crippen LogP contribution in [0.25, 0.3) is 0 Å². The summed E-state index contributed by atoms with van der Waals surface area (Å²) in [6.45, 7) is 3.10. The molecule has 30 heavy (non-hydrogen) atoms. The Bertz CT molecular complexity index is 720. The monoisotopic (exact) mass is 443 g/mol. The Morgan fingerprint density at radius 1 is 1.17 bits per heavy atom. The van der Waals surface area contributed by atoms with E-state index in [9.17, 15) is 13.2 Å². The molecule has 4 nitrogen and oxygen atoms in total. The topological polar surface area (TPSA) is 59.3 Å². The van der Waals surface area contributed by atoms with E-state index in [2.05, 4.69) is 29.7 Å². The lowest BCUT2D eigenvalue weighted by Crippen LogP contribution is -2.21. The number of nitrogens with two attached hydrogens (primary N) is 1. The van der Waals surface area contributed by atoms with Gasteiger partial charge in [0.2, 0.25) is 0 Å². The molecule has 0 aromatic heterocycles. The molecule has 2 rings (SSSR count). The zero-order chi connectivity index (χ0) is 21.8. The lowest BCUT2D eigenvalue weighted by atomic mass is 10.1. The van der Waals surface area contributed by atoms with Crippen LogP contribution in [0.1, 0.15) is 57.4 Å². The third-order valence-electron chi connectivity index (χ3n) is 4.67. The molecule has 168 valence electrons. The number of rotatable bonds is 11. The van der Waals surface area contributed by atoms with Gasteiger partial charge in [-0.3, -0.25) is 5.14 Å². The van der Waals surface area contributed by atoms with Gasteiger partial charge in [-0.1, -0.05) is 19.4 Å². The van der Waals surface area contributed by atoms with Crippen LogP contribution >= 0.6 is 11.9 Å². The molecule has 0 bridgehead atoms. The highest BCUT2D eigenvalue weighted by atomic mass is 32.2. The zero-order valence-electron chi connectivity index (χ0n) is 17.5. The fraction of sp³-hybridized carbons (Fsp3) is 0.545. The third-order valence-corrected chi connectivity index (χ3v) is 5.23. The number of hydrogen-bond acceptors (Lipinski definition) is 5. The van der Waals surface area contributed by atoms with E-state index in [1.165, 1.54) is 6.42 Å². The number of nitrogens with one attached hydrogen (secondary N) is 2. The fourth-order valence-electron chi connectivity index (χ4n) is 3.06. The first-order valence-electron chi connectivity index (χ1n) is 10.5. The number of allylic oxidation sites excluding steroid dienone is 3. The van der Waals surface area contributed by atoms with Gasteiger partial charge in [-0.2, -0.15) is 13.2 Å². The number of benzene rings is 1. The molecule has 0 radical (unpaired) electrons. The molecule has 0 atom stereocenters. The first-order chi connectivity index (χ1) is 14.4. The van der Waals surface area contributed by atoms with Crippen LogP contribution in [0.3, 0.4) is 0 Å². The maximum atomic E-state index is 12.4. The Kier molecular flexibility index (Phi) is 10.6. The first-order valence-corrected chi connectivity index (χ1v) is 11.4. The summed E-state index contributed by atoms with van der Waals surface area (Å²) in [4.78, 5) is 0.750. The first kappa shape index (κ1) is 24.6. The van der Waals surface area contributed by atoms with Gasteiger partial charge in [0.05, 0.1) is 17.0 Å². The number of unbranched alkanes of at least 4 members (excludes halogenated alkanes) is 1. The van der Waals surface area contributed by atoms with Crippen molar-refractivity contribution in [1.82, 2.24) is 5.32 Å². The fourth-order valence-corrected chi connectivity index (χ4v) is 3.54. The Morgan fingerprint density at radius 3 is 2.70 bits per heavy atom. The molecule has 0 heterocycles. The van der Waals surface area contributed by atoms with E-state index < -0.39 is 12.6 Å². The summed E-state index contributed by atoms with van der Waals surface area (Å²) < 4.78 is 43.4. The van der Waals surface area contributed by atoms with Crippen molar-refractivity contribution in [2.24, 2.45) is 5.14 Å². The third kappa shape index (κ3) is 9.02. The van der Waals surface area contributed by atoms with Crippen LogP contribution in [0.2, 0.25) is 0 Å². The average molecular weight is 444 g/mol. The quantitative estimate of drug-likeness (QED) is 0.277. The predicted octanol–water partition coefficient (Wildman–Crippen LogP) is 6.30. The number of anilines is 1. The second kappa shape index (κ2) is 12.9. The second-order valence-electron chi connectivity index (χ2n) is 7.31. The Balaban J connectivity index is 2.20. The standard InChI is InChI=1S/C22H32F3N3OS/c1-2-3-12-28-19-14-17(16-27-13-11-22(23,24)25)15-20(30-26)21(19)29-18-9-7-5-4-6-8-10-18/h7,9-10,14-15,27-28H,2-6,8,11-13,16,26H2,1H3. The van der Waals surface area contributed by atoms with Crippen LogP contribution in [0.4, 0.5) is 18.9 Å². The number of halogens is 3. The Hall–Kier alpha value is -1.64. The minimum absolute atomic E-state index is 0.122. The lowest BCUT2D eigenvalue weighted by Gasteiger charge is -2.19. The zero-order valence-corrected chi connectivity index (χ0v) is 18.3. The van der Waals surface area contributed by atoms with Gasteiger partial charge in [0, 0.05) is 19.6 Å². The van der Waals surface area contributed by atoms with Crippen molar-refractivity contribution < 1.29 is 17.9 Å². The van der Waals surface area contributed by atoms with E-state index in [4.69, 9.17) is 9.88 Å². The van der Waals surface area contributed by atoms with E-state index in [1.807, 2.05) is 18.2 Å². The summed E-state index contributed by atoms with van der Waals surface area (Å²) in [5.41, 5.74) is 1.67. The number of ether oxygens (including phenoxy) is 1. The van der Waals surface area contributed by atoms with E-state index in [0.29, 0.717) is 12.3 Å². The van der Waals surface area contributed by atoms with Gasteiger partial charge in [0.15, 0.2) is 5.75 Å². The Morgan fingerprint density at radius 2 is 1.97 bits per heavy atom. The average Bonchev–Trinajstić information content (AvgIpc) is 2.67. The molecule has 0 saturated carbocycles. The highest BCUT2D eigenvalue weighted by Gasteiger charge is 2.26. The number of hydrogen-bond donors (Lipinski definition) is 3. The van der Waals surface area contributed by atoms with Gasteiger partial charge < -0.3 is 15.4 Å². The van der Waals surface area contributed by atoms with Gasteiger partial charge in [0.1, 0.15) is 5.76 Å². The molecule has 4 N–H and O–H groups in total. The highest BCUT2D eigenvalue weighted by Crippen LogP contribution is 2.37. The Labute approximate surface area is 181 Å². The minimum Gasteiger partial charge on any atom is -0.454 e. The molecule has 8 heteroatoms. The molecule has 1 aromatic rings. The molecule has 0 saturated heterocycles. The van der Waals surface area contributed by atoms with Crippen molar-refractivity contribution in [1.29, 1.82) is 0 Å². The molecule has 0 aliphatic heterocycles. The van der Waals surface area contributed by atoms with Crippen LogP contribution in [-0.4, -0.2) is 19.3 Å². The van der Waals surface area contributed by atoms with Gasteiger partial charge in [0.25, 0.3) is 0 Å². The van der Waals surface area contributed by atoms with Crippen LogP contribution in [-0.2, 0) is 6.54 Å². The largest absolute Gasteiger partial charge is 0.454 e. The number of alkyl halides is 3. The summed E-state index contributed by atoms with van der Waals surface area (Å²) in [5.74, 6) is 1.45. The molecular formula is C22H32F3N3OS. The maximum absolute atomic E-state index is 12.4. The molecule has 1 aromatic carbocycles. The summed E-state index contributed by atoms with van der Waals surface area (Å²) in [7, 11) is 0. The van der Waals surface area contributed by atoms with Crippen molar-refractivity contribution in [3.05, 3.63) is 41.7 Å². The van der Waals surface area contributed by atoms with Crippen molar-refractivity contribution in [3.8, 4) is 5.75 Å². The van der Waals surface area contributed by atoms with Crippen LogP contribution in [0.15, 0.2) is 41.0 Å². The van der Waals surface area contributed by atoms with Gasteiger partial charge in [-0.15, -0.1) is 0 Å². The van der Waals surface area contributed by atoms with Gasteiger partial charge in [-0.25, -0.2) is 0 Å². The molecular weight excluding hydrogens is 411 g/mol. The second-order valence-corrected chi connectivity index (χ2v) is 7.98. The summed E-state index contributed by atoms with van der Waals surface area (Å²) in [6, 6.07) is 3.80. The van der Waals surface area contributed by atoms with E-state index >= 15 is 0 Å². The van der Waals surface area contributed by atoms with E-state index in [0.717, 1.165) is 72.5 Å². The predicted molar refractivity (Wildman–Crippen MR) is 119 cm³/mol. The van der Waals surface area contributed by atoms with Crippen molar-refractivity contribution >= 4 is 17.6 Å². The maximum Gasteiger partial charge on any atom is 0.390 e. The van der Waals surface area contributed by atoms with E-state index in [-0.39, 0.29) is 6.54 Å². The van der Waals surface area contributed by atoms with Crippen molar-refractivity contribution in [3.63, 3.8) is 0 Å². The molecule has 0 fully saturated rings. The highest BCUT2D eigenvalue weighted by molar-refractivity contribution is 7.97. The van der Waals surface area contributed by atoms with Crippen LogP contribution < -0.4 is 20.5 Å². The lowest BCUT2D eigenvalue weighted by molar-refractivity contribution is -0.133. The van der Waals surface area contributed by atoms with Crippen molar-refractivity contribution in [2.45, 2.75) is 69.5 Å². The van der Waals surface area contributed by atoms with Gasteiger partial charge >= 0.3 is 6.18 Å². The summed E-state index contributed by atoms with van der Waals surface area (Å²) >= 11 is 1.08. The molecule has 1 aliphatic rings. The van der Waals surface area contributed by atoms with Crippen LogP contribution in [0.5, 0.6) is 5.75 Å². The summed E-state index contributed by atoms with van der Waals surface area (Å²) in [5, 5.41) is 12.2. The van der Waals surface area contributed by atoms with Crippen LogP contribution in [0, 0.1) is 0 Å². The molecule has 0 amide bonds. The van der Waals surface area contributed by atoms with Crippen molar-refractivity contribution in [2.75, 3.05) is 18.4 Å². The molecule has 0 unspecified atom stereocenters. The minimum atomic E-state index is -4.16. The smallest absolute Gasteiger partial charge is 0.390 e. The molecule has 1 aliphatic carbocycles. The van der Waals surface area contributed by atoms with E-state index in [1.54, 1.807) is 0 Å². The van der Waals surface area contributed by atoms with Gasteiger partial charge in [-0.05, 0) is 73.9 Å². The SMILES string of the molecule is CCCCNc1cc(CNCCC(F)(F)F)cc(SN)c1OC1=CCCCCC=C1.